The van der Waals surface area contributed by atoms with Crippen molar-refractivity contribution in [1.82, 2.24) is 20.6 Å². The van der Waals surface area contributed by atoms with Gasteiger partial charge in [-0.3, -0.25) is 14.6 Å². The molecule has 0 fully saturated rings. The Labute approximate surface area is 165 Å². The maximum Gasteiger partial charge on any atom is 0.342 e. The van der Waals surface area contributed by atoms with E-state index in [0.717, 1.165) is 5.56 Å². The highest BCUT2D eigenvalue weighted by atomic mass is 16.5. The standard InChI is InChI=1S/C20H19N5O4/c26-18(11-10-16-19(27)22-20(28)25-23-16)24-21-12-15-8-4-5-9-17(15)29-13-14-6-2-1-3-7-14/h1-9,12H,10-11,13H2,(H,24,26)(H2,22,25,27,28)/b21-12+. The topological polar surface area (TPSA) is 129 Å². The Kier molecular flexibility index (Phi) is 6.66. The van der Waals surface area contributed by atoms with Crippen LogP contribution in [-0.4, -0.2) is 27.3 Å². The molecule has 0 aliphatic heterocycles. The zero-order valence-electron chi connectivity index (χ0n) is 15.4. The summed E-state index contributed by atoms with van der Waals surface area (Å²) in [6.07, 6.45) is 1.55. The predicted octanol–water partition coefficient (Wildman–Crippen LogP) is 1.12. The van der Waals surface area contributed by atoms with Crippen LogP contribution < -0.4 is 21.4 Å². The average Bonchev–Trinajstić information content (AvgIpc) is 2.73. The quantitative estimate of drug-likeness (QED) is 0.390. The van der Waals surface area contributed by atoms with Crippen molar-refractivity contribution >= 4 is 12.1 Å². The fraction of sp³-hybridized carbons (Fsp3) is 0.150. The molecule has 9 heteroatoms. The molecule has 1 aromatic heterocycles. The van der Waals surface area contributed by atoms with Crippen molar-refractivity contribution in [3.8, 4) is 5.75 Å². The first-order valence-corrected chi connectivity index (χ1v) is 8.87. The number of ether oxygens (including phenoxy) is 1. The number of rotatable bonds is 8. The zero-order valence-corrected chi connectivity index (χ0v) is 15.4. The summed E-state index contributed by atoms with van der Waals surface area (Å²) in [5.74, 6) is 0.245. The lowest BCUT2D eigenvalue weighted by atomic mass is 10.2. The molecule has 3 rings (SSSR count). The Bertz CT molecular complexity index is 1110. The van der Waals surface area contributed by atoms with Gasteiger partial charge in [0, 0.05) is 18.4 Å². The van der Waals surface area contributed by atoms with Gasteiger partial charge in [0.05, 0.1) is 6.21 Å². The minimum Gasteiger partial charge on any atom is -0.488 e. The molecule has 0 radical (unpaired) electrons. The van der Waals surface area contributed by atoms with Gasteiger partial charge in [-0.15, -0.1) is 0 Å². The largest absolute Gasteiger partial charge is 0.488 e. The number of aryl methyl sites for hydroxylation is 1. The smallest absolute Gasteiger partial charge is 0.342 e. The lowest BCUT2D eigenvalue weighted by molar-refractivity contribution is -0.121. The molecule has 0 aliphatic rings. The Balaban J connectivity index is 1.53. The number of hydrogen-bond acceptors (Lipinski definition) is 6. The van der Waals surface area contributed by atoms with Gasteiger partial charge in [0.2, 0.25) is 5.91 Å². The van der Waals surface area contributed by atoms with Gasteiger partial charge in [0.15, 0.2) is 0 Å². The fourth-order valence-corrected chi connectivity index (χ4v) is 2.46. The Morgan fingerprint density at radius 3 is 2.66 bits per heavy atom. The Morgan fingerprint density at radius 2 is 1.86 bits per heavy atom. The summed E-state index contributed by atoms with van der Waals surface area (Å²) in [5, 5.41) is 9.68. The molecule has 0 atom stereocenters. The van der Waals surface area contributed by atoms with E-state index < -0.39 is 17.2 Å². The van der Waals surface area contributed by atoms with Crippen molar-refractivity contribution in [2.45, 2.75) is 19.4 Å². The lowest BCUT2D eigenvalue weighted by Gasteiger charge is -2.09. The van der Waals surface area contributed by atoms with E-state index in [1.54, 1.807) is 0 Å². The van der Waals surface area contributed by atoms with Gasteiger partial charge in [0.1, 0.15) is 18.1 Å². The maximum atomic E-state index is 11.9. The summed E-state index contributed by atoms with van der Waals surface area (Å²) in [7, 11) is 0. The van der Waals surface area contributed by atoms with Crippen LogP contribution in [0, 0.1) is 0 Å². The maximum absolute atomic E-state index is 11.9. The lowest BCUT2D eigenvalue weighted by Crippen LogP contribution is -2.28. The van der Waals surface area contributed by atoms with Crippen LogP contribution in [-0.2, 0) is 17.8 Å². The molecule has 9 nitrogen and oxygen atoms in total. The van der Waals surface area contributed by atoms with Gasteiger partial charge in [-0.25, -0.2) is 15.3 Å². The molecule has 0 saturated heterocycles. The van der Waals surface area contributed by atoms with Gasteiger partial charge in [-0.2, -0.15) is 10.2 Å². The highest BCUT2D eigenvalue weighted by Gasteiger charge is 2.07. The van der Waals surface area contributed by atoms with Crippen molar-refractivity contribution in [2.24, 2.45) is 5.10 Å². The number of amides is 1. The first kappa shape index (κ1) is 19.7. The molecule has 0 unspecified atom stereocenters. The fourth-order valence-electron chi connectivity index (χ4n) is 2.46. The number of nitrogens with zero attached hydrogens (tertiary/aromatic N) is 2. The second-order valence-electron chi connectivity index (χ2n) is 6.06. The number of carbonyl (C=O) groups is 1. The zero-order chi connectivity index (χ0) is 20.5. The Hall–Kier alpha value is -4.01. The molecule has 1 amide bonds. The normalized spacial score (nSPS) is 10.8. The van der Waals surface area contributed by atoms with Crippen LogP contribution >= 0.6 is 0 Å². The van der Waals surface area contributed by atoms with Crippen LogP contribution in [0.3, 0.4) is 0 Å². The molecule has 0 aliphatic carbocycles. The van der Waals surface area contributed by atoms with Gasteiger partial charge in [0.25, 0.3) is 5.56 Å². The molecule has 3 aromatic rings. The number of hydrogen-bond donors (Lipinski definition) is 3. The minimum atomic E-state index is -0.694. The second-order valence-corrected chi connectivity index (χ2v) is 6.06. The van der Waals surface area contributed by atoms with Crippen LogP contribution in [0.5, 0.6) is 5.75 Å². The summed E-state index contributed by atoms with van der Waals surface area (Å²) < 4.78 is 5.83. The summed E-state index contributed by atoms with van der Waals surface area (Å²) in [5.41, 5.74) is 2.91. The van der Waals surface area contributed by atoms with Crippen LogP contribution in [0.15, 0.2) is 69.3 Å². The van der Waals surface area contributed by atoms with Gasteiger partial charge in [-0.1, -0.05) is 42.5 Å². The van der Waals surface area contributed by atoms with E-state index >= 15 is 0 Å². The van der Waals surface area contributed by atoms with Gasteiger partial charge < -0.3 is 4.74 Å². The number of carbonyl (C=O) groups excluding carboxylic acids is 1. The van der Waals surface area contributed by atoms with E-state index in [-0.39, 0.29) is 18.5 Å². The number of aromatic amines is 2. The third-order valence-corrected chi connectivity index (χ3v) is 3.92. The molecule has 148 valence electrons. The van der Waals surface area contributed by atoms with Gasteiger partial charge >= 0.3 is 5.69 Å². The van der Waals surface area contributed by atoms with Crippen molar-refractivity contribution in [2.75, 3.05) is 0 Å². The third kappa shape index (κ3) is 5.99. The molecule has 3 N–H and O–H groups in total. The molecule has 0 bridgehead atoms. The second kappa shape index (κ2) is 9.79. The van der Waals surface area contributed by atoms with Crippen LogP contribution in [0.1, 0.15) is 23.2 Å². The summed E-state index contributed by atoms with van der Waals surface area (Å²) in [6.45, 7) is 0.415. The summed E-state index contributed by atoms with van der Waals surface area (Å²) in [6, 6.07) is 17.1. The molecular weight excluding hydrogens is 374 g/mol. The highest BCUT2D eigenvalue weighted by molar-refractivity contribution is 5.85. The van der Waals surface area contributed by atoms with E-state index in [9.17, 15) is 14.4 Å². The van der Waals surface area contributed by atoms with Crippen molar-refractivity contribution in [3.63, 3.8) is 0 Å². The van der Waals surface area contributed by atoms with Crippen molar-refractivity contribution < 1.29 is 9.53 Å². The first-order chi connectivity index (χ1) is 14.1. The van der Waals surface area contributed by atoms with Crippen molar-refractivity contribution in [3.05, 3.63) is 92.3 Å². The molecule has 2 aromatic carbocycles. The van der Waals surface area contributed by atoms with Crippen LogP contribution in [0.4, 0.5) is 0 Å². The van der Waals surface area contributed by atoms with E-state index in [4.69, 9.17) is 4.74 Å². The van der Waals surface area contributed by atoms with Crippen LogP contribution in [0.25, 0.3) is 0 Å². The predicted molar refractivity (Wildman–Crippen MR) is 107 cm³/mol. The molecule has 1 heterocycles. The van der Waals surface area contributed by atoms with E-state index in [0.29, 0.717) is 17.9 Å². The number of para-hydroxylation sites is 1. The van der Waals surface area contributed by atoms with Crippen molar-refractivity contribution in [1.29, 1.82) is 0 Å². The number of hydrazone groups is 1. The summed E-state index contributed by atoms with van der Waals surface area (Å²) in [4.78, 5) is 36.4. The van der Waals surface area contributed by atoms with E-state index in [1.165, 1.54) is 6.21 Å². The molecule has 0 saturated carbocycles. The first-order valence-electron chi connectivity index (χ1n) is 8.87. The number of H-pyrrole nitrogens is 2. The highest BCUT2D eigenvalue weighted by Crippen LogP contribution is 2.17. The van der Waals surface area contributed by atoms with E-state index in [2.05, 4.69) is 25.7 Å². The summed E-state index contributed by atoms with van der Waals surface area (Å²) >= 11 is 0. The molecule has 0 spiro atoms. The third-order valence-electron chi connectivity index (χ3n) is 3.92. The SMILES string of the molecule is O=C(CCc1n[nH]c(=O)[nH]c1=O)N/N=C/c1ccccc1OCc1ccccc1. The number of benzene rings is 2. The number of aromatic nitrogens is 3. The molecular formula is C20H19N5O4. The Morgan fingerprint density at radius 1 is 1.10 bits per heavy atom. The number of nitrogens with one attached hydrogen (secondary N) is 3. The minimum absolute atomic E-state index is 0.00832. The van der Waals surface area contributed by atoms with Crippen LogP contribution in [0.2, 0.25) is 0 Å². The van der Waals surface area contributed by atoms with E-state index in [1.807, 2.05) is 54.6 Å². The average molecular weight is 393 g/mol. The van der Waals surface area contributed by atoms with Gasteiger partial charge in [-0.05, 0) is 17.7 Å². The molecule has 29 heavy (non-hydrogen) atoms. The monoisotopic (exact) mass is 393 g/mol.